The van der Waals surface area contributed by atoms with E-state index in [2.05, 4.69) is 21.0 Å². The van der Waals surface area contributed by atoms with Crippen LogP contribution in [0.25, 0.3) is 0 Å². The third-order valence-electron chi connectivity index (χ3n) is 7.48. The van der Waals surface area contributed by atoms with Crippen molar-refractivity contribution in [3.05, 3.63) is 23.9 Å². The number of ketones is 1. The topological polar surface area (TPSA) is 130 Å². The summed E-state index contributed by atoms with van der Waals surface area (Å²) in [6, 6.07) is 1.53. The molecule has 202 valence electrons. The zero-order valence-corrected chi connectivity index (χ0v) is 21.8. The number of carbonyl (C=O) groups excluding carboxylic acids is 4. The van der Waals surface area contributed by atoms with Crippen molar-refractivity contribution in [1.82, 2.24) is 21.0 Å². The van der Waals surface area contributed by atoms with Crippen molar-refractivity contribution in [2.75, 3.05) is 18.2 Å². The zero-order valence-electron chi connectivity index (χ0n) is 21.8. The van der Waals surface area contributed by atoms with Gasteiger partial charge in [0, 0.05) is 11.8 Å². The molecule has 2 aliphatic carbocycles. The molecule has 4 rings (SSSR count). The first-order valence-corrected chi connectivity index (χ1v) is 13.6. The second-order valence-corrected chi connectivity index (χ2v) is 10.5. The largest absolute Gasteiger partial charge is 0.464 e. The molecule has 10 nitrogen and oxygen atoms in total. The summed E-state index contributed by atoms with van der Waals surface area (Å²) in [5, 5.41) is 7.33. The summed E-state index contributed by atoms with van der Waals surface area (Å²) in [6.07, 6.45) is 10.3. The lowest BCUT2D eigenvalue weighted by molar-refractivity contribution is -0.148. The molecular formula is C27H39N5O5. The van der Waals surface area contributed by atoms with Crippen LogP contribution in [-0.4, -0.2) is 53.8 Å². The normalized spacial score (nSPS) is 21.0. The van der Waals surface area contributed by atoms with E-state index in [0.717, 1.165) is 44.1 Å². The third kappa shape index (κ3) is 7.28. The van der Waals surface area contributed by atoms with Crippen molar-refractivity contribution in [2.24, 2.45) is 11.8 Å². The number of nitrogens with one attached hydrogen (secondary N) is 3. The average molecular weight is 514 g/mol. The predicted octanol–water partition coefficient (Wildman–Crippen LogP) is 2.34. The van der Waals surface area contributed by atoms with Gasteiger partial charge in [-0.15, -0.1) is 0 Å². The molecular weight excluding hydrogens is 474 g/mol. The van der Waals surface area contributed by atoms with E-state index in [1.54, 1.807) is 24.2 Å². The van der Waals surface area contributed by atoms with Gasteiger partial charge in [0.15, 0.2) is 5.78 Å². The van der Waals surface area contributed by atoms with Gasteiger partial charge in [0.2, 0.25) is 11.8 Å². The third-order valence-corrected chi connectivity index (χ3v) is 7.48. The lowest BCUT2D eigenvalue weighted by Gasteiger charge is -2.28. The van der Waals surface area contributed by atoms with E-state index in [1.807, 2.05) is 6.07 Å². The van der Waals surface area contributed by atoms with Crippen LogP contribution in [0.1, 0.15) is 83.2 Å². The zero-order chi connectivity index (χ0) is 26.4. The Hall–Kier alpha value is -3.01. The van der Waals surface area contributed by atoms with Crippen molar-refractivity contribution < 1.29 is 23.9 Å². The van der Waals surface area contributed by atoms with Gasteiger partial charge in [0.25, 0.3) is 0 Å². The Bertz CT molecular complexity index is 991. The number of Topliss-reactive ketones (excluding diaryl/α,β-unsaturated/α-hetero) is 1. The van der Waals surface area contributed by atoms with Gasteiger partial charge in [-0.05, 0) is 44.6 Å². The number of amides is 2. The van der Waals surface area contributed by atoms with Crippen LogP contribution in [0.3, 0.4) is 0 Å². The van der Waals surface area contributed by atoms with E-state index in [-0.39, 0.29) is 30.7 Å². The number of anilines is 1. The maximum Gasteiger partial charge on any atom is 0.328 e. The van der Waals surface area contributed by atoms with Gasteiger partial charge in [-0.3, -0.25) is 19.4 Å². The molecule has 0 bridgehead atoms. The number of ether oxygens (including phenoxy) is 1. The Morgan fingerprint density at radius 2 is 1.76 bits per heavy atom. The Balaban J connectivity index is 1.40. The smallest absolute Gasteiger partial charge is 0.328 e. The molecule has 0 radical (unpaired) electrons. The molecule has 2 amide bonds. The van der Waals surface area contributed by atoms with E-state index < -0.39 is 24.1 Å². The monoisotopic (exact) mass is 513 g/mol. The van der Waals surface area contributed by atoms with E-state index in [9.17, 15) is 19.2 Å². The molecule has 2 saturated carbocycles. The molecule has 1 aliphatic heterocycles. The van der Waals surface area contributed by atoms with Crippen molar-refractivity contribution in [3.63, 3.8) is 0 Å². The first-order valence-electron chi connectivity index (χ1n) is 13.6. The summed E-state index contributed by atoms with van der Waals surface area (Å²) < 4.78 is 5.26. The molecule has 3 atom stereocenters. The van der Waals surface area contributed by atoms with Crippen molar-refractivity contribution >= 4 is 29.4 Å². The molecule has 0 aromatic carbocycles. The van der Waals surface area contributed by atoms with Crippen LogP contribution in [0.5, 0.6) is 0 Å². The van der Waals surface area contributed by atoms with Crippen LogP contribution in [0.15, 0.2) is 18.3 Å². The first kappa shape index (κ1) is 27.0. The molecule has 2 fully saturated rings. The van der Waals surface area contributed by atoms with Gasteiger partial charge in [-0.25, -0.2) is 15.2 Å². The van der Waals surface area contributed by atoms with Crippen LogP contribution in [-0.2, 0) is 23.9 Å². The Kier molecular flexibility index (Phi) is 9.13. The standard InChI is InChI=1S/C27H39N5O5/c1-3-37-27(36)22(15-18-8-5-4-6-9-18)30-26(35)21(14-19-11-12-19)29-23(34)16-32-25-20(10-7-13-28-25)24(31-32)17(2)33/h7,10,13,18-19,21-22,24,31H,3-6,8-9,11-12,14-16H2,1-2H3,(H,29,34)(H,30,35)/t21-,22-,24?/m0/s1. The molecule has 3 N–H and O–H groups in total. The summed E-state index contributed by atoms with van der Waals surface area (Å²) >= 11 is 0. The number of pyridine rings is 1. The van der Waals surface area contributed by atoms with Gasteiger partial charge < -0.3 is 15.4 Å². The van der Waals surface area contributed by atoms with Gasteiger partial charge in [-0.1, -0.05) is 51.0 Å². The second-order valence-electron chi connectivity index (χ2n) is 10.5. The minimum absolute atomic E-state index is 0.0777. The summed E-state index contributed by atoms with van der Waals surface area (Å²) in [7, 11) is 0. The number of rotatable bonds is 12. The van der Waals surface area contributed by atoms with Crippen molar-refractivity contribution in [2.45, 2.75) is 89.8 Å². The Morgan fingerprint density at radius 3 is 2.43 bits per heavy atom. The fourth-order valence-electron chi connectivity index (χ4n) is 5.36. The van der Waals surface area contributed by atoms with Crippen LogP contribution >= 0.6 is 0 Å². The van der Waals surface area contributed by atoms with Crippen molar-refractivity contribution in [3.8, 4) is 0 Å². The molecule has 1 aromatic heterocycles. The van der Waals surface area contributed by atoms with E-state index in [4.69, 9.17) is 4.74 Å². The highest BCUT2D eigenvalue weighted by atomic mass is 16.5. The van der Waals surface area contributed by atoms with Gasteiger partial charge in [0.05, 0.1) is 6.61 Å². The van der Waals surface area contributed by atoms with Crippen LogP contribution in [0, 0.1) is 11.8 Å². The maximum atomic E-state index is 13.4. The Labute approximate surface area is 218 Å². The first-order chi connectivity index (χ1) is 17.9. The maximum absolute atomic E-state index is 13.4. The van der Waals surface area contributed by atoms with E-state index in [0.29, 0.717) is 30.5 Å². The number of nitrogens with zero attached hydrogens (tertiary/aromatic N) is 2. The van der Waals surface area contributed by atoms with Gasteiger partial charge in [0.1, 0.15) is 30.5 Å². The fourth-order valence-corrected chi connectivity index (χ4v) is 5.36. The molecule has 37 heavy (non-hydrogen) atoms. The molecule has 2 heterocycles. The second kappa shape index (κ2) is 12.5. The van der Waals surface area contributed by atoms with E-state index >= 15 is 0 Å². The van der Waals surface area contributed by atoms with Gasteiger partial charge in [-0.2, -0.15) is 0 Å². The molecule has 1 unspecified atom stereocenters. The average Bonchev–Trinajstić information content (AvgIpc) is 3.63. The number of aromatic nitrogens is 1. The summed E-state index contributed by atoms with van der Waals surface area (Å²) in [6.45, 7) is 3.38. The lowest BCUT2D eigenvalue weighted by Crippen LogP contribution is -2.54. The minimum atomic E-state index is -0.752. The van der Waals surface area contributed by atoms with Crippen LogP contribution in [0.2, 0.25) is 0 Å². The number of fused-ring (bicyclic) bond motifs is 1. The highest BCUT2D eigenvalue weighted by Crippen LogP contribution is 2.34. The summed E-state index contributed by atoms with van der Waals surface area (Å²) in [5.41, 5.74) is 3.77. The number of hydrazine groups is 1. The van der Waals surface area contributed by atoms with Crippen LogP contribution < -0.4 is 21.1 Å². The van der Waals surface area contributed by atoms with Gasteiger partial charge >= 0.3 is 5.97 Å². The molecule has 3 aliphatic rings. The number of esters is 1. The number of hydrogen-bond donors (Lipinski definition) is 3. The van der Waals surface area contributed by atoms with E-state index in [1.165, 1.54) is 13.3 Å². The molecule has 10 heteroatoms. The lowest BCUT2D eigenvalue weighted by atomic mass is 9.84. The summed E-state index contributed by atoms with van der Waals surface area (Å²) in [5.74, 6) is 0.0599. The molecule has 0 spiro atoms. The number of hydrogen-bond acceptors (Lipinski definition) is 8. The Morgan fingerprint density at radius 1 is 1.05 bits per heavy atom. The molecule has 1 aromatic rings. The summed E-state index contributed by atoms with van der Waals surface area (Å²) in [4.78, 5) is 55.5. The SMILES string of the molecule is CCOC(=O)[C@H](CC1CCCCC1)NC(=O)[C@H](CC1CC1)NC(=O)CN1NC(C(C)=O)c2cccnc21. The quantitative estimate of drug-likeness (QED) is 0.363. The number of carbonyl (C=O) groups is 4. The highest BCUT2D eigenvalue weighted by molar-refractivity contribution is 5.92. The van der Waals surface area contributed by atoms with Crippen LogP contribution in [0.4, 0.5) is 5.82 Å². The fraction of sp³-hybridized carbons (Fsp3) is 0.667. The predicted molar refractivity (Wildman–Crippen MR) is 137 cm³/mol. The minimum Gasteiger partial charge on any atom is -0.464 e. The van der Waals surface area contributed by atoms with Crippen molar-refractivity contribution in [1.29, 1.82) is 0 Å². The highest BCUT2D eigenvalue weighted by Gasteiger charge is 2.36. The molecule has 0 saturated heterocycles.